The van der Waals surface area contributed by atoms with Crippen molar-refractivity contribution < 1.29 is 14.4 Å². The Hall–Kier alpha value is -2.46. The molecule has 0 aliphatic rings. The summed E-state index contributed by atoms with van der Waals surface area (Å²) in [5.41, 5.74) is 4.40. The molecule has 2 aromatic carbocycles. The van der Waals surface area contributed by atoms with Crippen LogP contribution in [0.15, 0.2) is 47.6 Å². The predicted octanol–water partition coefficient (Wildman–Crippen LogP) is 3.71. The summed E-state index contributed by atoms with van der Waals surface area (Å²) < 4.78 is 0.994. The molecule has 3 N–H and O–H groups in total. The minimum Gasteiger partial charge on any atom is -0.326 e. The second-order valence-electron chi connectivity index (χ2n) is 5.94. The van der Waals surface area contributed by atoms with Gasteiger partial charge in [0, 0.05) is 25.7 Å². The fourth-order valence-electron chi connectivity index (χ4n) is 2.10. The zero-order valence-corrected chi connectivity index (χ0v) is 18.1. The van der Waals surface area contributed by atoms with Crippen molar-refractivity contribution in [3.63, 3.8) is 0 Å². The van der Waals surface area contributed by atoms with Crippen LogP contribution in [0.2, 0.25) is 5.02 Å². The van der Waals surface area contributed by atoms with E-state index >= 15 is 0 Å². The molecule has 0 bridgehead atoms. The van der Waals surface area contributed by atoms with Crippen LogP contribution in [0, 0.1) is 10.5 Å². The molecule has 2 aromatic rings. The molecule has 7 nitrogen and oxygen atoms in total. The number of nitrogens with one attached hydrogen (secondary N) is 3. The van der Waals surface area contributed by atoms with Gasteiger partial charge in [-0.05, 0) is 72.3 Å². The van der Waals surface area contributed by atoms with Gasteiger partial charge >= 0.3 is 11.8 Å². The highest BCUT2D eigenvalue weighted by molar-refractivity contribution is 14.1. The van der Waals surface area contributed by atoms with Gasteiger partial charge in [-0.2, -0.15) is 5.10 Å². The average molecular weight is 513 g/mol. The van der Waals surface area contributed by atoms with E-state index in [9.17, 15) is 14.4 Å². The first-order valence-electron chi connectivity index (χ1n) is 8.20. The van der Waals surface area contributed by atoms with Gasteiger partial charge in [0.25, 0.3) is 0 Å². The summed E-state index contributed by atoms with van der Waals surface area (Å²) in [6, 6.07) is 12.3. The number of hydrazone groups is 1. The maximum Gasteiger partial charge on any atom is 0.329 e. The molecule has 0 radical (unpaired) electrons. The lowest BCUT2D eigenvalue weighted by Crippen LogP contribution is -2.33. The summed E-state index contributed by atoms with van der Waals surface area (Å²) in [7, 11) is 0. The summed E-state index contributed by atoms with van der Waals surface area (Å²) in [6.45, 7) is 3.40. The lowest BCUT2D eigenvalue weighted by molar-refractivity contribution is -0.136. The molecule has 0 saturated heterocycles. The molecule has 146 valence electrons. The van der Waals surface area contributed by atoms with Gasteiger partial charge in [0.1, 0.15) is 0 Å². The normalized spacial score (nSPS) is 10.9. The quantitative estimate of drug-likeness (QED) is 0.246. The first-order chi connectivity index (χ1) is 13.2. The Balaban J connectivity index is 1.85. The third kappa shape index (κ3) is 6.93. The van der Waals surface area contributed by atoms with Crippen LogP contribution in [-0.2, 0) is 14.4 Å². The minimum atomic E-state index is -0.950. The Morgan fingerprint density at radius 3 is 2.43 bits per heavy atom. The van der Waals surface area contributed by atoms with E-state index in [1.165, 1.54) is 0 Å². The fraction of sp³-hybridized carbons (Fsp3) is 0.158. The van der Waals surface area contributed by atoms with Gasteiger partial charge in [-0.1, -0.05) is 23.7 Å². The minimum absolute atomic E-state index is 0.0268. The van der Waals surface area contributed by atoms with Crippen LogP contribution in [0.4, 0.5) is 11.4 Å². The number of hydrogen-bond acceptors (Lipinski definition) is 4. The highest BCUT2D eigenvalue weighted by Crippen LogP contribution is 2.19. The van der Waals surface area contributed by atoms with Gasteiger partial charge in [-0.15, -0.1) is 0 Å². The van der Waals surface area contributed by atoms with Crippen LogP contribution in [0.1, 0.15) is 18.9 Å². The van der Waals surface area contributed by atoms with E-state index in [-0.39, 0.29) is 12.3 Å². The van der Waals surface area contributed by atoms with Crippen LogP contribution in [0.3, 0.4) is 0 Å². The Morgan fingerprint density at radius 1 is 1.04 bits per heavy atom. The van der Waals surface area contributed by atoms with Crippen LogP contribution in [0.25, 0.3) is 0 Å². The molecule has 0 spiro atoms. The van der Waals surface area contributed by atoms with Gasteiger partial charge in [0.15, 0.2) is 0 Å². The summed E-state index contributed by atoms with van der Waals surface area (Å²) in [4.78, 5) is 35.8. The lowest BCUT2D eigenvalue weighted by atomic mass is 10.2. The maximum atomic E-state index is 12.0. The topological polar surface area (TPSA) is 99.7 Å². The number of amides is 3. The Morgan fingerprint density at radius 2 is 1.75 bits per heavy atom. The molecule has 0 saturated carbocycles. The third-order valence-electron chi connectivity index (χ3n) is 3.51. The summed E-state index contributed by atoms with van der Waals surface area (Å²) >= 11 is 8.13. The van der Waals surface area contributed by atoms with Crippen molar-refractivity contribution in [3.8, 4) is 0 Å². The Labute approximate surface area is 181 Å². The van der Waals surface area contributed by atoms with Crippen LogP contribution in [-0.4, -0.2) is 23.4 Å². The monoisotopic (exact) mass is 512 g/mol. The second-order valence-corrected chi connectivity index (χ2v) is 7.59. The number of nitrogens with zero attached hydrogens (tertiary/aromatic N) is 1. The maximum absolute atomic E-state index is 12.0. The van der Waals surface area contributed by atoms with E-state index in [2.05, 4.69) is 43.8 Å². The van der Waals surface area contributed by atoms with Crippen molar-refractivity contribution in [1.82, 2.24) is 5.43 Å². The van der Waals surface area contributed by atoms with Crippen molar-refractivity contribution in [2.45, 2.75) is 20.3 Å². The van der Waals surface area contributed by atoms with Gasteiger partial charge < -0.3 is 10.6 Å². The number of hydrogen-bond donors (Lipinski definition) is 3. The zero-order chi connectivity index (χ0) is 20.7. The van der Waals surface area contributed by atoms with Crippen molar-refractivity contribution in [2.24, 2.45) is 5.10 Å². The number of aryl methyl sites for hydroxylation is 1. The summed E-state index contributed by atoms with van der Waals surface area (Å²) in [5.74, 6) is -2.12. The summed E-state index contributed by atoms with van der Waals surface area (Å²) in [6.07, 6.45) is -0.0268. The molecule has 0 unspecified atom stereocenters. The highest BCUT2D eigenvalue weighted by atomic mass is 127. The smallest absolute Gasteiger partial charge is 0.326 e. The van der Waals surface area contributed by atoms with Crippen molar-refractivity contribution in [2.75, 3.05) is 10.6 Å². The van der Waals surface area contributed by atoms with Gasteiger partial charge in [-0.3, -0.25) is 14.4 Å². The third-order valence-corrected chi connectivity index (χ3v) is 4.59. The van der Waals surface area contributed by atoms with Crippen LogP contribution >= 0.6 is 34.2 Å². The van der Waals surface area contributed by atoms with Gasteiger partial charge in [0.05, 0.1) is 6.42 Å². The number of benzene rings is 2. The van der Waals surface area contributed by atoms with Crippen molar-refractivity contribution >= 4 is 69.0 Å². The predicted molar refractivity (Wildman–Crippen MR) is 118 cm³/mol. The first kappa shape index (κ1) is 21.8. The largest absolute Gasteiger partial charge is 0.329 e. The van der Waals surface area contributed by atoms with Crippen LogP contribution < -0.4 is 16.1 Å². The van der Waals surface area contributed by atoms with E-state index in [1.807, 2.05) is 25.1 Å². The van der Waals surface area contributed by atoms with Crippen LogP contribution in [0.5, 0.6) is 0 Å². The number of halogens is 2. The molecule has 28 heavy (non-hydrogen) atoms. The fourth-order valence-corrected chi connectivity index (χ4v) is 2.82. The molecule has 3 amide bonds. The molecule has 0 aliphatic heterocycles. The molecule has 0 aliphatic carbocycles. The van der Waals surface area contributed by atoms with Crippen molar-refractivity contribution in [3.05, 3.63) is 56.6 Å². The molecule has 0 aromatic heterocycles. The van der Waals surface area contributed by atoms with E-state index in [1.54, 1.807) is 31.2 Å². The lowest BCUT2D eigenvalue weighted by Gasteiger charge is -2.07. The number of anilines is 2. The Bertz CT molecular complexity index is 947. The zero-order valence-electron chi connectivity index (χ0n) is 15.2. The van der Waals surface area contributed by atoms with E-state index in [0.717, 1.165) is 9.13 Å². The van der Waals surface area contributed by atoms with E-state index in [4.69, 9.17) is 11.6 Å². The number of carbonyl (C=O) groups is 3. The van der Waals surface area contributed by atoms with Gasteiger partial charge in [0.2, 0.25) is 5.91 Å². The van der Waals surface area contributed by atoms with E-state index in [0.29, 0.717) is 22.1 Å². The molecule has 0 atom stereocenters. The van der Waals surface area contributed by atoms with Crippen molar-refractivity contribution in [1.29, 1.82) is 0 Å². The number of rotatable bonds is 5. The molecular formula is C19H18ClIN4O3. The second kappa shape index (κ2) is 10.2. The SMILES string of the molecule is C/C(CC(=O)Nc1cccc(I)c1)=N/NC(=O)C(=O)Nc1ccc(C)c(Cl)c1. The molecular weight excluding hydrogens is 495 g/mol. The first-order valence-corrected chi connectivity index (χ1v) is 9.66. The molecule has 0 heterocycles. The Kier molecular flexibility index (Phi) is 7.94. The molecule has 9 heteroatoms. The van der Waals surface area contributed by atoms with E-state index < -0.39 is 11.8 Å². The molecule has 2 rings (SSSR count). The summed E-state index contributed by atoms with van der Waals surface area (Å²) in [5, 5.41) is 9.43. The molecule has 0 fully saturated rings. The highest BCUT2D eigenvalue weighted by Gasteiger charge is 2.14. The van der Waals surface area contributed by atoms with Gasteiger partial charge in [-0.25, -0.2) is 5.43 Å². The average Bonchev–Trinajstić information content (AvgIpc) is 2.62. The number of carbonyl (C=O) groups excluding carboxylic acids is 3. The standard InChI is InChI=1S/C19H18ClIN4O3/c1-11-6-7-15(10-16(11)20)23-18(27)19(28)25-24-12(2)8-17(26)22-14-5-3-4-13(21)9-14/h3-7,9-10H,8H2,1-2H3,(H,22,26)(H,23,27)(H,25,28)/b24-12-.